The lowest BCUT2D eigenvalue weighted by atomic mass is 10.1. The summed E-state index contributed by atoms with van der Waals surface area (Å²) in [5.74, 6) is -0.898. The summed E-state index contributed by atoms with van der Waals surface area (Å²) in [5.41, 5.74) is 1.73. The highest BCUT2D eigenvalue weighted by Crippen LogP contribution is 2.25. The molecule has 15 heavy (non-hydrogen) atoms. The van der Waals surface area contributed by atoms with Crippen LogP contribution in [0.25, 0.3) is 11.3 Å². The summed E-state index contributed by atoms with van der Waals surface area (Å²) in [6, 6.07) is 8.27. The molecule has 1 N–H and O–H groups in total. The second kappa shape index (κ2) is 3.77. The number of aromatic nitrogens is 1. The molecule has 3 heteroatoms. The first-order chi connectivity index (χ1) is 7.22. The van der Waals surface area contributed by atoms with Gasteiger partial charge in [0.2, 0.25) is 0 Å². The van der Waals surface area contributed by atoms with Crippen molar-refractivity contribution in [2.45, 2.75) is 13.5 Å². The zero-order valence-corrected chi connectivity index (χ0v) is 8.44. The lowest BCUT2D eigenvalue weighted by Gasteiger charge is -2.06. The molecule has 1 aromatic heterocycles. The van der Waals surface area contributed by atoms with Gasteiger partial charge in [-0.2, -0.15) is 0 Å². The lowest BCUT2D eigenvalue weighted by molar-refractivity contribution is 0.432. The van der Waals surface area contributed by atoms with Gasteiger partial charge in [0.25, 0.3) is 0 Å². The summed E-state index contributed by atoms with van der Waals surface area (Å²) in [4.78, 5) is 0. The van der Waals surface area contributed by atoms with Crippen molar-refractivity contribution >= 4 is 0 Å². The minimum atomic E-state index is -0.587. The van der Waals surface area contributed by atoms with Gasteiger partial charge >= 0.3 is 0 Å². The van der Waals surface area contributed by atoms with Crippen molar-refractivity contribution in [3.8, 4) is 17.0 Å². The van der Waals surface area contributed by atoms with E-state index in [9.17, 15) is 4.39 Å². The van der Waals surface area contributed by atoms with Crippen molar-refractivity contribution < 1.29 is 9.50 Å². The van der Waals surface area contributed by atoms with E-state index in [-0.39, 0.29) is 5.75 Å². The number of halogens is 1. The van der Waals surface area contributed by atoms with Crippen molar-refractivity contribution in [3.05, 3.63) is 42.3 Å². The minimum absolute atomic E-state index is 0.312. The van der Waals surface area contributed by atoms with Crippen LogP contribution in [0.2, 0.25) is 0 Å². The largest absolute Gasteiger partial charge is 0.505 e. The van der Waals surface area contributed by atoms with Crippen LogP contribution in [0.5, 0.6) is 5.75 Å². The third kappa shape index (κ3) is 1.73. The highest BCUT2D eigenvalue weighted by atomic mass is 19.1. The number of benzene rings is 1. The van der Waals surface area contributed by atoms with Crippen LogP contribution in [-0.4, -0.2) is 9.67 Å². The first kappa shape index (κ1) is 9.77. The Morgan fingerprint density at radius 1 is 1.33 bits per heavy atom. The van der Waals surface area contributed by atoms with Crippen molar-refractivity contribution in [1.82, 2.24) is 4.57 Å². The topological polar surface area (TPSA) is 25.2 Å². The van der Waals surface area contributed by atoms with Gasteiger partial charge in [-0.3, -0.25) is 0 Å². The molecular formula is C12H12FNO. The molecule has 0 atom stereocenters. The van der Waals surface area contributed by atoms with Gasteiger partial charge in [0.05, 0.1) is 0 Å². The third-order valence-corrected chi connectivity index (χ3v) is 2.41. The Hall–Kier alpha value is -1.77. The van der Waals surface area contributed by atoms with E-state index in [0.717, 1.165) is 17.8 Å². The van der Waals surface area contributed by atoms with E-state index in [1.165, 1.54) is 12.1 Å². The smallest absolute Gasteiger partial charge is 0.165 e. The summed E-state index contributed by atoms with van der Waals surface area (Å²) in [6.45, 7) is 2.87. The highest BCUT2D eigenvalue weighted by Gasteiger charge is 2.06. The molecule has 0 radical (unpaired) electrons. The number of nitrogens with zero attached hydrogens (tertiary/aromatic N) is 1. The van der Waals surface area contributed by atoms with Gasteiger partial charge in [0.1, 0.15) is 0 Å². The molecule has 2 nitrogen and oxygen atoms in total. The van der Waals surface area contributed by atoms with Crippen LogP contribution in [0, 0.1) is 5.82 Å². The molecule has 1 heterocycles. The first-order valence-corrected chi connectivity index (χ1v) is 4.86. The Morgan fingerprint density at radius 2 is 2.13 bits per heavy atom. The fraction of sp³-hybridized carbons (Fsp3) is 0.167. The molecule has 0 spiro atoms. The van der Waals surface area contributed by atoms with Gasteiger partial charge in [-0.05, 0) is 37.3 Å². The molecule has 0 unspecified atom stereocenters. The molecule has 1 aromatic carbocycles. The van der Waals surface area contributed by atoms with E-state index in [1.807, 2.05) is 29.8 Å². The van der Waals surface area contributed by atoms with E-state index >= 15 is 0 Å². The number of hydrogen-bond donors (Lipinski definition) is 1. The number of phenols is 1. The number of phenolic OH excluding ortho intramolecular Hbond substituents is 1. The summed E-state index contributed by atoms with van der Waals surface area (Å²) in [7, 11) is 0. The van der Waals surface area contributed by atoms with Crippen LogP contribution in [0.3, 0.4) is 0 Å². The lowest BCUT2D eigenvalue weighted by Crippen LogP contribution is -1.94. The van der Waals surface area contributed by atoms with E-state index in [2.05, 4.69) is 0 Å². The molecule has 0 bridgehead atoms. The first-order valence-electron chi connectivity index (χ1n) is 4.86. The number of hydrogen-bond acceptors (Lipinski definition) is 1. The maximum atomic E-state index is 13.1. The Morgan fingerprint density at radius 3 is 2.80 bits per heavy atom. The van der Waals surface area contributed by atoms with Crippen molar-refractivity contribution in [1.29, 1.82) is 0 Å². The molecule has 0 saturated heterocycles. The van der Waals surface area contributed by atoms with E-state index in [1.54, 1.807) is 6.07 Å². The standard InChI is InChI=1S/C12H12FNO/c1-2-14-7-3-4-11(14)9-5-6-12(15)10(13)8-9/h3-8,15H,2H2,1H3. The van der Waals surface area contributed by atoms with Gasteiger partial charge in [0, 0.05) is 24.0 Å². The highest BCUT2D eigenvalue weighted by molar-refractivity contribution is 5.61. The van der Waals surface area contributed by atoms with E-state index < -0.39 is 5.82 Å². The van der Waals surface area contributed by atoms with Crippen LogP contribution >= 0.6 is 0 Å². The van der Waals surface area contributed by atoms with Gasteiger partial charge in [0.15, 0.2) is 11.6 Å². The molecular weight excluding hydrogens is 193 g/mol. The Bertz CT molecular complexity index is 476. The second-order valence-corrected chi connectivity index (χ2v) is 3.35. The fourth-order valence-corrected chi connectivity index (χ4v) is 1.62. The molecule has 2 aromatic rings. The number of rotatable bonds is 2. The number of aromatic hydroxyl groups is 1. The number of aryl methyl sites for hydroxylation is 1. The summed E-state index contributed by atoms with van der Waals surface area (Å²) in [6.07, 6.45) is 1.94. The molecule has 2 rings (SSSR count). The molecule has 0 aliphatic carbocycles. The monoisotopic (exact) mass is 205 g/mol. The predicted molar refractivity (Wildman–Crippen MR) is 57.2 cm³/mol. The molecule has 0 saturated carbocycles. The quantitative estimate of drug-likeness (QED) is 0.801. The maximum Gasteiger partial charge on any atom is 0.165 e. The normalized spacial score (nSPS) is 10.5. The predicted octanol–water partition coefficient (Wildman–Crippen LogP) is 3.02. The van der Waals surface area contributed by atoms with Gasteiger partial charge in [-0.1, -0.05) is 0 Å². The summed E-state index contributed by atoms with van der Waals surface area (Å²) in [5, 5.41) is 9.09. The van der Waals surface area contributed by atoms with E-state index in [0.29, 0.717) is 0 Å². The van der Waals surface area contributed by atoms with Crippen LogP contribution in [-0.2, 0) is 6.54 Å². The zero-order chi connectivity index (χ0) is 10.8. The average molecular weight is 205 g/mol. The molecule has 0 amide bonds. The Labute approximate surface area is 87.6 Å². The molecule has 78 valence electrons. The van der Waals surface area contributed by atoms with Gasteiger partial charge < -0.3 is 9.67 Å². The van der Waals surface area contributed by atoms with E-state index in [4.69, 9.17) is 5.11 Å². The molecule has 0 fully saturated rings. The maximum absolute atomic E-state index is 13.1. The van der Waals surface area contributed by atoms with Crippen LogP contribution < -0.4 is 0 Å². The minimum Gasteiger partial charge on any atom is -0.505 e. The summed E-state index contributed by atoms with van der Waals surface area (Å²) < 4.78 is 15.2. The summed E-state index contributed by atoms with van der Waals surface area (Å²) >= 11 is 0. The SMILES string of the molecule is CCn1cccc1-c1ccc(O)c(F)c1. The van der Waals surface area contributed by atoms with Crippen LogP contribution in [0.15, 0.2) is 36.5 Å². The Balaban J connectivity index is 2.50. The van der Waals surface area contributed by atoms with Crippen LogP contribution in [0.4, 0.5) is 4.39 Å². The zero-order valence-electron chi connectivity index (χ0n) is 8.44. The molecule has 0 aliphatic heterocycles. The average Bonchev–Trinajstić information content (AvgIpc) is 2.70. The van der Waals surface area contributed by atoms with Gasteiger partial charge in [-0.15, -0.1) is 0 Å². The van der Waals surface area contributed by atoms with Gasteiger partial charge in [-0.25, -0.2) is 4.39 Å². The fourth-order valence-electron chi connectivity index (χ4n) is 1.62. The van der Waals surface area contributed by atoms with Crippen LogP contribution in [0.1, 0.15) is 6.92 Å². The second-order valence-electron chi connectivity index (χ2n) is 3.35. The third-order valence-electron chi connectivity index (χ3n) is 2.41. The Kier molecular flexibility index (Phi) is 2.46. The van der Waals surface area contributed by atoms with Crippen molar-refractivity contribution in [2.75, 3.05) is 0 Å². The van der Waals surface area contributed by atoms with Crippen molar-refractivity contribution in [3.63, 3.8) is 0 Å². The van der Waals surface area contributed by atoms with Crippen molar-refractivity contribution in [2.24, 2.45) is 0 Å². The molecule has 0 aliphatic rings.